The van der Waals surface area contributed by atoms with Gasteiger partial charge in [0.25, 0.3) is 0 Å². The zero-order valence-electron chi connectivity index (χ0n) is 12.3. The van der Waals surface area contributed by atoms with Gasteiger partial charge in [0.15, 0.2) is 0 Å². The first-order valence-corrected chi connectivity index (χ1v) is 7.20. The van der Waals surface area contributed by atoms with Crippen LogP contribution in [0.5, 0.6) is 17.2 Å². The molecule has 0 fully saturated rings. The minimum absolute atomic E-state index is 0.126. The smallest absolute Gasteiger partial charge is 0.130 e. The largest absolute Gasteiger partial charge is 0.507 e. The average molecular weight is 308 g/mol. The van der Waals surface area contributed by atoms with Crippen LogP contribution in [0.1, 0.15) is 22.5 Å². The van der Waals surface area contributed by atoms with Gasteiger partial charge in [0, 0.05) is 53.8 Å². The van der Waals surface area contributed by atoms with Crippen LogP contribution in [0.2, 0.25) is 0 Å². The second kappa shape index (κ2) is 6.36. The molecular formula is C18H16N2O3. The van der Waals surface area contributed by atoms with E-state index < -0.39 is 0 Å². The van der Waals surface area contributed by atoms with E-state index in [4.69, 9.17) is 0 Å². The van der Waals surface area contributed by atoms with Crippen LogP contribution in [0.3, 0.4) is 0 Å². The molecule has 0 aliphatic carbocycles. The Morgan fingerprint density at radius 3 is 1.57 bits per heavy atom. The van der Waals surface area contributed by atoms with Gasteiger partial charge in [0.05, 0.1) is 0 Å². The first-order valence-electron chi connectivity index (χ1n) is 7.20. The normalized spacial score (nSPS) is 10.6. The van der Waals surface area contributed by atoms with E-state index in [1.54, 1.807) is 24.5 Å². The van der Waals surface area contributed by atoms with Crippen molar-refractivity contribution in [3.8, 4) is 17.2 Å². The number of aromatic nitrogens is 2. The Morgan fingerprint density at radius 2 is 1.17 bits per heavy atom. The molecule has 2 heterocycles. The Morgan fingerprint density at radius 1 is 0.696 bits per heavy atom. The summed E-state index contributed by atoms with van der Waals surface area (Å²) >= 11 is 0. The lowest BCUT2D eigenvalue weighted by molar-refractivity contribution is 0.413. The summed E-state index contributed by atoms with van der Waals surface area (Å²) in [6.45, 7) is 0. The summed E-state index contributed by atoms with van der Waals surface area (Å²) in [5, 5.41) is 30.6. The van der Waals surface area contributed by atoms with Crippen LogP contribution in [0.25, 0.3) is 0 Å². The highest BCUT2D eigenvalue weighted by Gasteiger charge is 2.18. The molecule has 0 aliphatic heterocycles. The van der Waals surface area contributed by atoms with Crippen molar-refractivity contribution in [3.63, 3.8) is 0 Å². The molecule has 0 unspecified atom stereocenters. The van der Waals surface area contributed by atoms with Crippen molar-refractivity contribution < 1.29 is 15.3 Å². The highest BCUT2D eigenvalue weighted by atomic mass is 16.3. The van der Waals surface area contributed by atoms with E-state index in [2.05, 4.69) is 9.97 Å². The molecule has 0 atom stereocenters. The molecular weight excluding hydrogens is 292 g/mol. The van der Waals surface area contributed by atoms with Crippen LogP contribution in [0.15, 0.2) is 54.9 Å². The molecule has 5 nitrogen and oxygen atoms in total. The predicted octanol–water partition coefficient (Wildman–Crippen LogP) is 2.78. The number of pyridine rings is 2. The Kier molecular flexibility index (Phi) is 4.10. The molecule has 0 amide bonds. The quantitative estimate of drug-likeness (QED) is 0.690. The molecule has 0 saturated carbocycles. The van der Waals surface area contributed by atoms with Crippen molar-refractivity contribution in [1.82, 2.24) is 9.97 Å². The monoisotopic (exact) mass is 308 g/mol. The number of benzene rings is 1. The van der Waals surface area contributed by atoms with Gasteiger partial charge in [-0.3, -0.25) is 9.97 Å². The number of rotatable bonds is 4. The average Bonchev–Trinajstić information content (AvgIpc) is 2.57. The third-order valence-corrected chi connectivity index (χ3v) is 3.63. The Balaban J connectivity index is 1.99. The predicted molar refractivity (Wildman–Crippen MR) is 85.5 cm³/mol. The SMILES string of the molecule is Oc1cc(O)c(Cc2ccccn2)c(O)c1Cc1ccccn1. The first kappa shape index (κ1) is 14.8. The number of nitrogens with zero attached hydrogens (tertiary/aromatic N) is 2. The van der Waals surface area contributed by atoms with Gasteiger partial charge in [0.2, 0.25) is 0 Å². The summed E-state index contributed by atoms with van der Waals surface area (Å²) in [5.74, 6) is -0.440. The van der Waals surface area contributed by atoms with Gasteiger partial charge in [-0.2, -0.15) is 0 Å². The molecule has 116 valence electrons. The zero-order valence-corrected chi connectivity index (χ0v) is 12.3. The fraction of sp³-hybridized carbons (Fsp3) is 0.111. The topological polar surface area (TPSA) is 86.5 Å². The molecule has 23 heavy (non-hydrogen) atoms. The number of phenolic OH excluding ortho intramolecular Hbond substituents is 3. The molecule has 0 aliphatic rings. The molecule has 3 rings (SSSR count). The second-order valence-corrected chi connectivity index (χ2v) is 5.22. The molecule has 0 saturated heterocycles. The molecule has 3 N–H and O–H groups in total. The summed E-state index contributed by atoms with van der Waals surface area (Å²) in [4.78, 5) is 8.39. The fourth-order valence-electron chi connectivity index (χ4n) is 2.44. The van der Waals surface area contributed by atoms with Crippen molar-refractivity contribution in [2.45, 2.75) is 12.8 Å². The van der Waals surface area contributed by atoms with Gasteiger partial charge in [-0.25, -0.2) is 0 Å². The number of aromatic hydroxyl groups is 3. The van der Waals surface area contributed by atoms with E-state index in [0.29, 0.717) is 22.5 Å². The van der Waals surface area contributed by atoms with Gasteiger partial charge < -0.3 is 15.3 Å². The lowest BCUT2D eigenvalue weighted by atomic mass is 9.98. The molecule has 0 spiro atoms. The molecule has 2 aromatic heterocycles. The van der Waals surface area contributed by atoms with E-state index >= 15 is 0 Å². The number of phenols is 3. The number of hydrogen-bond acceptors (Lipinski definition) is 5. The third-order valence-electron chi connectivity index (χ3n) is 3.63. The fourth-order valence-corrected chi connectivity index (χ4v) is 2.44. The summed E-state index contributed by atoms with van der Waals surface area (Å²) in [5.41, 5.74) is 2.11. The second-order valence-electron chi connectivity index (χ2n) is 5.22. The van der Waals surface area contributed by atoms with Crippen LogP contribution in [0, 0.1) is 0 Å². The maximum atomic E-state index is 10.5. The van der Waals surface area contributed by atoms with Crippen molar-refractivity contribution >= 4 is 0 Å². The van der Waals surface area contributed by atoms with E-state index in [1.165, 1.54) is 6.07 Å². The third kappa shape index (κ3) is 3.23. The minimum atomic E-state index is -0.157. The van der Waals surface area contributed by atoms with Crippen LogP contribution >= 0.6 is 0 Å². The maximum absolute atomic E-state index is 10.5. The Hall–Kier alpha value is -3.08. The Bertz CT molecular complexity index is 740. The van der Waals surface area contributed by atoms with Crippen LogP contribution in [0.4, 0.5) is 0 Å². The molecule has 0 radical (unpaired) electrons. The standard InChI is InChI=1S/C18H16N2O3/c21-16-11-17(22)15(10-13-6-2-4-8-20-13)18(23)14(16)9-12-5-1-3-7-19-12/h1-8,11,21-23H,9-10H2. The van der Waals surface area contributed by atoms with E-state index in [0.717, 1.165) is 0 Å². The van der Waals surface area contributed by atoms with E-state index in [1.807, 2.05) is 24.3 Å². The van der Waals surface area contributed by atoms with Crippen molar-refractivity contribution in [2.24, 2.45) is 0 Å². The van der Waals surface area contributed by atoms with Gasteiger partial charge in [0.1, 0.15) is 17.2 Å². The van der Waals surface area contributed by atoms with Gasteiger partial charge in [-0.05, 0) is 24.3 Å². The maximum Gasteiger partial charge on any atom is 0.130 e. The van der Waals surface area contributed by atoms with Gasteiger partial charge >= 0.3 is 0 Å². The van der Waals surface area contributed by atoms with E-state index in [9.17, 15) is 15.3 Å². The van der Waals surface area contributed by atoms with Crippen molar-refractivity contribution in [2.75, 3.05) is 0 Å². The minimum Gasteiger partial charge on any atom is -0.507 e. The summed E-state index contributed by atoms with van der Waals surface area (Å²) < 4.78 is 0. The first-order chi connectivity index (χ1) is 11.1. The molecule has 0 bridgehead atoms. The van der Waals surface area contributed by atoms with Crippen LogP contribution < -0.4 is 0 Å². The summed E-state index contributed by atoms with van der Waals surface area (Å²) in [7, 11) is 0. The highest BCUT2D eigenvalue weighted by Crippen LogP contribution is 2.39. The van der Waals surface area contributed by atoms with E-state index in [-0.39, 0.29) is 30.1 Å². The van der Waals surface area contributed by atoms with Gasteiger partial charge in [-0.1, -0.05) is 12.1 Å². The summed E-state index contributed by atoms with van der Waals surface area (Å²) in [6.07, 6.45) is 3.85. The lowest BCUT2D eigenvalue weighted by Gasteiger charge is -2.13. The van der Waals surface area contributed by atoms with Crippen LogP contribution in [-0.2, 0) is 12.8 Å². The molecule has 3 aromatic rings. The van der Waals surface area contributed by atoms with Crippen molar-refractivity contribution in [1.29, 1.82) is 0 Å². The zero-order chi connectivity index (χ0) is 16.2. The lowest BCUT2D eigenvalue weighted by Crippen LogP contribution is -1.98. The highest BCUT2D eigenvalue weighted by molar-refractivity contribution is 5.57. The van der Waals surface area contributed by atoms with Crippen molar-refractivity contribution in [3.05, 3.63) is 77.4 Å². The molecule has 5 heteroatoms. The Labute approximate surface area is 133 Å². The summed E-state index contributed by atoms with van der Waals surface area (Å²) in [6, 6.07) is 12.1. The number of hydrogen-bond donors (Lipinski definition) is 3. The van der Waals surface area contributed by atoms with Gasteiger partial charge in [-0.15, -0.1) is 0 Å². The molecule has 1 aromatic carbocycles. The van der Waals surface area contributed by atoms with Crippen LogP contribution in [-0.4, -0.2) is 25.3 Å².